The minimum absolute atomic E-state index is 0.0596. The van der Waals surface area contributed by atoms with Crippen LogP contribution in [-0.2, 0) is 16.0 Å². The van der Waals surface area contributed by atoms with E-state index in [-0.39, 0.29) is 6.29 Å². The Kier molecular flexibility index (Phi) is 4.75. The van der Waals surface area contributed by atoms with Gasteiger partial charge in [-0.1, -0.05) is 11.6 Å². The van der Waals surface area contributed by atoms with Gasteiger partial charge in [-0.25, -0.2) is 4.98 Å². The highest BCUT2D eigenvalue weighted by molar-refractivity contribution is 6.31. The summed E-state index contributed by atoms with van der Waals surface area (Å²) in [6.45, 7) is 3.28. The molecule has 21 heavy (non-hydrogen) atoms. The van der Waals surface area contributed by atoms with Crippen molar-refractivity contribution in [1.82, 2.24) is 14.9 Å². The van der Waals surface area contributed by atoms with Crippen molar-refractivity contribution in [1.29, 1.82) is 0 Å². The average Bonchev–Trinajstić information content (AvgIpc) is 2.87. The van der Waals surface area contributed by atoms with Crippen molar-refractivity contribution < 1.29 is 9.47 Å². The molecule has 1 aliphatic rings. The third-order valence-corrected chi connectivity index (χ3v) is 3.79. The third kappa shape index (κ3) is 3.95. The predicted octanol–water partition coefficient (Wildman–Crippen LogP) is 2.80. The molecule has 114 valence electrons. The fourth-order valence-corrected chi connectivity index (χ4v) is 2.65. The van der Waals surface area contributed by atoms with Crippen molar-refractivity contribution in [3.05, 3.63) is 29.0 Å². The summed E-state index contributed by atoms with van der Waals surface area (Å²) in [7, 11) is 2.07. The van der Waals surface area contributed by atoms with Crippen molar-refractivity contribution >= 4 is 22.6 Å². The molecule has 3 rings (SSSR count). The van der Waals surface area contributed by atoms with Gasteiger partial charge in [0.15, 0.2) is 6.29 Å². The maximum Gasteiger partial charge on any atom is 0.158 e. The predicted molar refractivity (Wildman–Crippen MR) is 82.4 cm³/mol. The standard InChI is InChI=1S/C15H20ClN3O2/c1-19(6-5-15-20-7-2-8-21-15)10-14-17-12-4-3-11(16)9-13(12)18-14/h3-4,9,15H,2,5-8,10H2,1H3,(H,17,18). The first-order chi connectivity index (χ1) is 10.2. The van der Waals surface area contributed by atoms with E-state index in [2.05, 4.69) is 21.9 Å². The van der Waals surface area contributed by atoms with Gasteiger partial charge in [0, 0.05) is 18.0 Å². The Balaban J connectivity index is 1.54. The van der Waals surface area contributed by atoms with Crippen LogP contribution in [0, 0.1) is 0 Å². The molecule has 0 radical (unpaired) electrons. The summed E-state index contributed by atoms with van der Waals surface area (Å²) in [5, 5.41) is 0.720. The largest absolute Gasteiger partial charge is 0.353 e. The fourth-order valence-electron chi connectivity index (χ4n) is 2.47. The first-order valence-electron chi connectivity index (χ1n) is 7.26. The van der Waals surface area contributed by atoms with E-state index in [4.69, 9.17) is 21.1 Å². The van der Waals surface area contributed by atoms with Crippen molar-refractivity contribution in [3.8, 4) is 0 Å². The monoisotopic (exact) mass is 309 g/mol. The molecule has 2 heterocycles. The molecule has 5 nitrogen and oxygen atoms in total. The topological polar surface area (TPSA) is 50.4 Å². The first-order valence-corrected chi connectivity index (χ1v) is 7.64. The highest BCUT2D eigenvalue weighted by atomic mass is 35.5. The summed E-state index contributed by atoms with van der Waals surface area (Å²) in [5.74, 6) is 0.945. The maximum atomic E-state index is 5.98. The smallest absolute Gasteiger partial charge is 0.158 e. The quantitative estimate of drug-likeness (QED) is 0.922. The van der Waals surface area contributed by atoms with Crippen LogP contribution in [0.4, 0.5) is 0 Å². The van der Waals surface area contributed by atoms with Crippen LogP contribution >= 0.6 is 11.6 Å². The Bertz CT molecular complexity index is 596. The molecule has 0 amide bonds. The zero-order valence-corrected chi connectivity index (χ0v) is 12.9. The molecular formula is C15H20ClN3O2. The van der Waals surface area contributed by atoms with Crippen molar-refractivity contribution in [2.24, 2.45) is 0 Å². The third-order valence-electron chi connectivity index (χ3n) is 3.56. The Morgan fingerprint density at radius 3 is 3.00 bits per heavy atom. The van der Waals surface area contributed by atoms with Crippen LogP contribution < -0.4 is 0 Å². The van der Waals surface area contributed by atoms with Crippen molar-refractivity contribution in [2.45, 2.75) is 25.7 Å². The molecule has 0 saturated carbocycles. The minimum Gasteiger partial charge on any atom is -0.353 e. The molecule has 1 aromatic heterocycles. The lowest BCUT2D eigenvalue weighted by Gasteiger charge is -2.25. The van der Waals surface area contributed by atoms with Gasteiger partial charge in [0.25, 0.3) is 0 Å². The van der Waals surface area contributed by atoms with Gasteiger partial charge in [-0.05, 0) is 31.7 Å². The summed E-state index contributed by atoms with van der Waals surface area (Å²) in [6, 6.07) is 5.69. The van der Waals surface area contributed by atoms with Gasteiger partial charge in [0.05, 0.1) is 30.8 Å². The summed E-state index contributed by atoms with van der Waals surface area (Å²) in [6.07, 6.45) is 1.81. The van der Waals surface area contributed by atoms with Crippen LogP contribution in [0.3, 0.4) is 0 Å². The molecule has 1 N–H and O–H groups in total. The van der Waals surface area contributed by atoms with Crippen molar-refractivity contribution in [2.75, 3.05) is 26.8 Å². The van der Waals surface area contributed by atoms with E-state index in [1.165, 1.54) is 0 Å². The normalized spacial score (nSPS) is 16.9. The molecule has 1 aromatic carbocycles. The van der Waals surface area contributed by atoms with Crippen molar-refractivity contribution in [3.63, 3.8) is 0 Å². The fraction of sp³-hybridized carbons (Fsp3) is 0.533. The van der Waals surface area contributed by atoms with Gasteiger partial charge in [0.1, 0.15) is 5.82 Å². The van der Waals surface area contributed by atoms with E-state index in [0.717, 1.165) is 61.0 Å². The number of hydrogen-bond donors (Lipinski definition) is 1. The molecule has 1 fully saturated rings. The zero-order chi connectivity index (χ0) is 14.7. The number of nitrogens with one attached hydrogen (secondary N) is 1. The van der Waals surface area contributed by atoms with Crippen LogP contribution in [0.5, 0.6) is 0 Å². The number of benzene rings is 1. The summed E-state index contributed by atoms with van der Waals surface area (Å²) >= 11 is 5.98. The zero-order valence-electron chi connectivity index (χ0n) is 12.1. The molecule has 0 atom stereocenters. The summed E-state index contributed by atoms with van der Waals surface area (Å²) in [4.78, 5) is 10.1. The Hall–Kier alpha value is -1.14. The number of aromatic amines is 1. The van der Waals surface area contributed by atoms with Crippen LogP contribution in [0.25, 0.3) is 11.0 Å². The molecule has 6 heteroatoms. The van der Waals surface area contributed by atoms with E-state index >= 15 is 0 Å². The van der Waals surface area contributed by atoms with Crippen LogP contribution in [0.2, 0.25) is 5.02 Å². The number of hydrogen-bond acceptors (Lipinski definition) is 4. The van der Waals surface area contributed by atoms with Crippen LogP contribution in [-0.4, -0.2) is 48.0 Å². The number of H-pyrrole nitrogens is 1. The van der Waals surface area contributed by atoms with E-state index in [1.807, 2.05) is 18.2 Å². The molecule has 1 aliphatic heterocycles. The van der Waals surface area contributed by atoms with E-state index in [1.54, 1.807) is 0 Å². The Morgan fingerprint density at radius 1 is 1.38 bits per heavy atom. The summed E-state index contributed by atoms with van der Waals surface area (Å²) in [5.41, 5.74) is 1.92. The highest BCUT2D eigenvalue weighted by Crippen LogP contribution is 2.18. The van der Waals surface area contributed by atoms with Gasteiger partial charge in [-0.15, -0.1) is 0 Å². The highest BCUT2D eigenvalue weighted by Gasteiger charge is 2.15. The Morgan fingerprint density at radius 2 is 2.19 bits per heavy atom. The number of nitrogens with zero attached hydrogens (tertiary/aromatic N) is 2. The maximum absolute atomic E-state index is 5.98. The lowest BCUT2D eigenvalue weighted by atomic mass is 10.3. The van der Waals surface area contributed by atoms with E-state index in [0.29, 0.717) is 0 Å². The van der Waals surface area contributed by atoms with Crippen LogP contribution in [0.15, 0.2) is 18.2 Å². The number of aromatic nitrogens is 2. The van der Waals surface area contributed by atoms with Gasteiger partial charge < -0.3 is 14.5 Å². The first kappa shape index (κ1) is 14.8. The SMILES string of the molecule is CN(CCC1OCCCO1)Cc1nc2ccc(Cl)cc2[nH]1. The number of imidazole rings is 1. The van der Waals surface area contributed by atoms with Gasteiger partial charge >= 0.3 is 0 Å². The lowest BCUT2D eigenvalue weighted by molar-refractivity contribution is -0.182. The molecule has 0 unspecified atom stereocenters. The molecule has 2 aromatic rings. The molecular weight excluding hydrogens is 290 g/mol. The second kappa shape index (κ2) is 6.75. The van der Waals surface area contributed by atoms with E-state index in [9.17, 15) is 0 Å². The number of rotatable bonds is 5. The second-order valence-electron chi connectivity index (χ2n) is 5.40. The van der Waals surface area contributed by atoms with Crippen LogP contribution in [0.1, 0.15) is 18.7 Å². The van der Waals surface area contributed by atoms with E-state index < -0.39 is 0 Å². The minimum atomic E-state index is -0.0596. The average molecular weight is 310 g/mol. The number of halogens is 1. The second-order valence-corrected chi connectivity index (χ2v) is 5.83. The molecule has 0 aliphatic carbocycles. The van der Waals surface area contributed by atoms with Gasteiger partial charge in [-0.3, -0.25) is 4.90 Å². The summed E-state index contributed by atoms with van der Waals surface area (Å²) < 4.78 is 11.1. The molecule has 1 saturated heterocycles. The molecule has 0 bridgehead atoms. The number of ether oxygens (including phenoxy) is 2. The molecule has 0 spiro atoms. The number of fused-ring (bicyclic) bond motifs is 1. The van der Waals surface area contributed by atoms with Gasteiger partial charge in [0.2, 0.25) is 0 Å². The Labute approximate surface area is 129 Å². The van der Waals surface area contributed by atoms with Gasteiger partial charge in [-0.2, -0.15) is 0 Å². The lowest BCUT2D eigenvalue weighted by Crippen LogP contribution is -2.30.